The number of hydrogen-bond donors (Lipinski definition) is 1. The number of benzene rings is 2. The predicted molar refractivity (Wildman–Crippen MR) is 115 cm³/mol. The van der Waals surface area contributed by atoms with E-state index in [-0.39, 0.29) is 12.2 Å². The molecular weight excluding hydrogens is 452 g/mol. The summed E-state index contributed by atoms with van der Waals surface area (Å²) < 4.78 is 15.9. The van der Waals surface area contributed by atoms with Crippen molar-refractivity contribution < 1.29 is 23.8 Å². The molecule has 2 aromatic rings. The maximum absolute atomic E-state index is 12.5. The van der Waals surface area contributed by atoms with Crippen LogP contribution in [0.1, 0.15) is 15.9 Å². The summed E-state index contributed by atoms with van der Waals surface area (Å²) in [5.74, 6) is 2.09. The van der Waals surface area contributed by atoms with Crippen molar-refractivity contribution >= 4 is 39.6 Å². The highest BCUT2D eigenvalue weighted by Crippen LogP contribution is 2.34. The molecule has 30 heavy (non-hydrogen) atoms. The summed E-state index contributed by atoms with van der Waals surface area (Å²) >= 11 is 3.39. The molecule has 7 nitrogen and oxygen atoms in total. The van der Waals surface area contributed by atoms with Crippen molar-refractivity contribution in [1.29, 1.82) is 5.26 Å². The molecule has 0 radical (unpaired) electrons. The summed E-state index contributed by atoms with van der Waals surface area (Å²) in [4.78, 5) is 24.0. The second-order valence-corrected chi connectivity index (χ2v) is 6.56. The number of halogens is 1. The average molecular weight is 469 g/mol. The first-order chi connectivity index (χ1) is 14.4. The Morgan fingerprint density at radius 3 is 2.47 bits per heavy atom. The fourth-order valence-electron chi connectivity index (χ4n) is 2.36. The van der Waals surface area contributed by atoms with Gasteiger partial charge in [-0.1, -0.05) is 21.9 Å². The van der Waals surface area contributed by atoms with Crippen molar-refractivity contribution in [1.82, 2.24) is 0 Å². The average Bonchev–Trinajstić information content (AvgIpc) is 2.76. The predicted octanol–water partition coefficient (Wildman–Crippen LogP) is 3.80. The molecule has 0 unspecified atom stereocenters. The van der Waals surface area contributed by atoms with E-state index in [1.54, 1.807) is 12.1 Å². The molecule has 0 fully saturated rings. The quantitative estimate of drug-likeness (QED) is 0.287. The Bertz CT molecular complexity index is 1060. The number of hydrogen-bond acceptors (Lipinski definition) is 6. The molecule has 0 spiro atoms. The van der Waals surface area contributed by atoms with Gasteiger partial charge in [0.05, 0.1) is 19.8 Å². The Labute approximate surface area is 182 Å². The van der Waals surface area contributed by atoms with Gasteiger partial charge in [0, 0.05) is 10.2 Å². The fourth-order valence-corrected chi connectivity index (χ4v) is 2.80. The van der Waals surface area contributed by atoms with E-state index < -0.39 is 11.9 Å². The second-order valence-electron chi connectivity index (χ2n) is 5.71. The van der Waals surface area contributed by atoms with E-state index in [1.807, 2.05) is 6.07 Å². The molecule has 0 heterocycles. The smallest absolute Gasteiger partial charge is 0.337 e. The lowest BCUT2D eigenvalue weighted by Crippen LogP contribution is -2.13. The molecule has 1 N–H and O–H groups in total. The van der Waals surface area contributed by atoms with Gasteiger partial charge in [0.2, 0.25) is 0 Å². The molecule has 0 aromatic heterocycles. The maximum atomic E-state index is 12.5. The van der Waals surface area contributed by atoms with Crippen molar-refractivity contribution in [3.63, 3.8) is 0 Å². The summed E-state index contributed by atoms with van der Waals surface area (Å²) in [5.41, 5.74) is 1.16. The van der Waals surface area contributed by atoms with E-state index >= 15 is 0 Å². The van der Waals surface area contributed by atoms with Gasteiger partial charge in [-0.15, -0.1) is 6.42 Å². The zero-order valence-electron chi connectivity index (χ0n) is 16.2. The van der Waals surface area contributed by atoms with Gasteiger partial charge in [-0.3, -0.25) is 4.79 Å². The maximum Gasteiger partial charge on any atom is 0.337 e. The monoisotopic (exact) mass is 468 g/mol. The molecule has 8 heteroatoms. The van der Waals surface area contributed by atoms with E-state index in [1.165, 1.54) is 44.6 Å². The number of anilines is 1. The lowest BCUT2D eigenvalue weighted by Gasteiger charge is -2.11. The van der Waals surface area contributed by atoms with E-state index in [4.69, 9.17) is 15.9 Å². The number of carbonyl (C=O) groups excluding carboxylic acids is 2. The molecule has 1 amide bonds. The van der Waals surface area contributed by atoms with E-state index in [0.29, 0.717) is 32.8 Å². The molecular formula is C22H17BrN2O5. The second kappa shape index (κ2) is 10.7. The molecule has 2 aromatic carbocycles. The van der Waals surface area contributed by atoms with Crippen LogP contribution in [-0.4, -0.2) is 32.7 Å². The molecule has 0 aliphatic rings. The molecule has 0 aliphatic heterocycles. The van der Waals surface area contributed by atoms with Gasteiger partial charge in [-0.2, -0.15) is 5.26 Å². The SMILES string of the molecule is C#CCOc1cc(Br)c(/C=C(\C#N)C(=O)Nc2ccc(C(=O)OC)cc2)cc1OC. The van der Waals surface area contributed by atoms with Gasteiger partial charge in [0.25, 0.3) is 5.91 Å². The number of nitrogens with zero attached hydrogens (tertiary/aromatic N) is 1. The van der Waals surface area contributed by atoms with Crippen LogP contribution in [0.5, 0.6) is 11.5 Å². The Morgan fingerprint density at radius 2 is 1.90 bits per heavy atom. The highest BCUT2D eigenvalue weighted by atomic mass is 79.9. The van der Waals surface area contributed by atoms with Crippen molar-refractivity contribution in [2.24, 2.45) is 0 Å². The van der Waals surface area contributed by atoms with Crippen LogP contribution >= 0.6 is 15.9 Å². The Hall–Kier alpha value is -3.75. The van der Waals surface area contributed by atoms with Crippen LogP contribution in [0.2, 0.25) is 0 Å². The highest BCUT2D eigenvalue weighted by molar-refractivity contribution is 9.10. The lowest BCUT2D eigenvalue weighted by molar-refractivity contribution is -0.112. The summed E-state index contributed by atoms with van der Waals surface area (Å²) in [6, 6.07) is 11.2. The number of carbonyl (C=O) groups is 2. The normalized spacial score (nSPS) is 10.4. The first-order valence-electron chi connectivity index (χ1n) is 8.48. The minimum atomic E-state index is -0.609. The Balaban J connectivity index is 2.26. The van der Waals surface area contributed by atoms with Crippen LogP contribution in [0.25, 0.3) is 6.08 Å². The number of esters is 1. The molecule has 2 rings (SSSR count). The number of ether oxygens (including phenoxy) is 3. The number of methoxy groups -OCH3 is 2. The molecule has 0 saturated carbocycles. The van der Waals surface area contributed by atoms with Gasteiger partial charge >= 0.3 is 5.97 Å². The van der Waals surface area contributed by atoms with Crippen molar-refractivity contribution in [3.05, 3.63) is 57.6 Å². The van der Waals surface area contributed by atoms with Gasteiger partial charge in [-0.05, 0) is 48.0 Å². The third-order valence-electron chi connectivity index (χ3n) is 3.82. The molecule has 0 atom stereocenters. The van der Waals surface area contributed by atoms with E-state index in [9.17, 15) is 14.9 Å². The van der Waals surface area contributed by atoms with Crippen molar-refractivity contribution in [2.45, 2.75) is 0 Å². The van der Waals surface area contributed by atoms with Gasteiger partial charge < -0.3 is 19.5 Å². The fraction of sp³-hybridized carbons (Fsp3) is 0.136. The highest BCUT2D eigenvalue weighted by Gasteiger charge is 2.14. The molecule has 0 bridgehead atoms. The van der Waals surface area contributed by atoms with Crippen LogP contribution in [0.15, 0.2) is 46.4 Å². The topological polar surface area (TPSA) is 97.7 Å². The molecule has 152 valence electrons. The molecule has 0 saturated heterocycles. The summed E-state index contributed by atoms with van der Waals surface area (Å²) in [6.07, 6.45) is 6.62. The van der Waals surface area contributed by atoms with Gasteiger partial charge in [0.1, 0.15) is 18.2 Å². The minimum absolute atomic E-state index is 0.0681. The van der Waals surface area contributed by atoms with Gasteiger partial charge in [0.15, 0.2) is 11.5 Å². The van der Waals surface area contributed by atoms with Crippen LogP contribution in [0.4, 0.5) is 5.69 Å². The number of nitriles is 1. The summed E-state index contributed by atoms with van der Waals surface area (Å²) in [5, 5.41) is 12.0. The van der Waals surface area contributed by atoms with Crippen molar-refractivity contribution in [3.8, 4) is 29.9 Å². The zero-order valence-corrected chi connectivity index (χ0v) is 17.8. The van der Waals surface area contributed by atoms with Crippen LogP contribution in [0.3, 0.4) is 0 Å². The third kappa shape index (κ3) is 5.63. The first-order valence-corrected chi connectivity index (χ1v) is 9.28. The number of rotatable bonds is 7. The standard InChI is InChI=1S/C22H17BrN2O5/c1-4-9-30-20-12-18(23)15(11-19(20)28-2)10-16(13-24)21(26)25-17-7-5-14(6-8-17)22(27)29-3/h1,5-8,10-12H,9H2,2-3H3,(H,25,26)/b16-10+. The first kappa shape index (κ1) is 22.5. The zero-order chi connectivity index (χ0) is 22.1. The largest absolute Gasteiger partial charge is 0.493 e. The number of terminal acetylenes is 1. The molecule has 0 aliphatic carbocycles. The summed E-state index contributed by atoms with van der Waals surface area (Å²) in [6.45, 7) is 0.0681. The van der Waals surface area contributed by atoms with Crippen molar-refractivity contribution in [2.75, 3.05) is 26.1 Å². The van der Waals surface area contributed by atoms with Gasteiger partial charge in [-0.25, -0.2) is 4.79 Å². The Morgan fingerprint density at radius 1 is 1.20 bits per heavy atom. The van der Waals surface area contributed by atoms with Crippen LogP contribution in [-0.2, 0) is 9.53 Å². The van der Waals surface area contributed by atoms with Crippen LogP contribution in [0, 0.1) is 23.7 Å². The van der Waals surface area contributed by atoms with E-state index in [2.05, 4.69) is 31.9 Å². The lowest BCUT2D eigenvalue weighted by atomic mass is 10.1. The minimum Gasteiger partial charge on any atom is -0.493 e. The summed E-state index contributed by atoms with van der Waals surface area (Å²) in [7, 11) is 2.75. The number of nitrogens with one attached hydrogen (secondary N) is 1. The van der Waals surface area contributed by atoms with E-state index in [0.717, 1.165) is 0 Å². The Kier molecular flexibility index (Phi) is 8.04. The third-order valence-corrected chi connectivity index (χ3v) is 4.51. The number of amides is 1. The van der Waals surface area contributed by atoms with Crippen LogP contribution < -0.4 is 14.8 Å².